The molecule has 1 atom stereocenters. The minimum absolute atomic E-state index is 0.649. The lowest BCUT2D eigenvalue weighted by Gasteiger charge is -2.19. The maximum absolute atomic E-state index is 10.2. The van der Waals surface area contributed by atoms with Crippen molar-refractivity contribution in [1.29, 1.82) is 0 Å². The largest absolute Gasteiger partial charge is 0.379 e. The van der Waals surface area contributed by atoms with E-state index in [1.165, 1.54) is 0 Å². The highest BCUT2D eigenvalue weighted by Crippen LogP contribution is 2.35. The third-order valence-corrected chi connectivity index (χ3v) is 2.67. The standard InChI is InChI=1S/C11H14N2O/c1-3-11(14)7-6-8-4-5-9(12-2)13-10(8)11/h4-7,14H,3H2,1-2H3,(H,12,13). The van der Waals surface area contributed by atoms with E-state index in [0.717, 1.165) is 17.1 Å². The van der Waals surface area contributed by atoms with Gasteiger partial charge in [-0.2, -0.15) is 0 Å². The number of pyridine rings is 1. The number of aromatic nitrogens is 1. The zero-order valence-electron chi connectivity index (χ0n) is 8.41. The van der Waals surface area contributed by atoms with Crippen LogP contribution in [-0.2, 0) is 5.60 Å². The normalized spacial score (nSPS) is 23.6. The summed E-state index contributed by atoms with van der Waals surface area (Å²) in [4.78, 5) is 4.37. The van der Waals surface area contributed by atoms with E-state index in [1.807, 2.05) is 38.3 Å². The molecule has 1 aliphatic carbocycles. The Morgan fingerprint density at radius 2 is 2.29 bits per heavy atom. The van der Waals surface area contributed by atoms with E-state index in [1.54, 1.807) is 0 Å². The van der Waals surface area contributed by atoms with Crippen molar-refractivity contribution in [2.24, 2.45) is 0 Å². The lowest BCUT2D eigenvalue weighted by molar-refractivity contribution is 0.0842. The van der Waals surface area contributed by atoms with Crippen LogP contribution in [0.1, 0.15) is 24.6 Å². The molecule has 1 unspecified atom stereocenters. The Hall–Kier alpha value is -1.35. The van der Waals surface area contributed by atoms with Gasteiger partial charge < -0.3 is 10.4 Å². The number of fused-ring (bicyclic) bond motifs is 1. The summed E-state index contributed by atoms with van der Waals surface area (Å²) in [5, 5.41) is 13.2. The molecule has 1 aromatic heterocycles. The van der Waals surface area contributed by atoms with Crippen molar-refractivity contribution < 1.29 is 5.11 Å². The average molecular weight is 190 g/mol. The van der Waals surface area contributed by atoms with Crippen molar-refractivity contribution in [2.75, 3.05) is 12.4 Å². The lowest BCUT2D eigenvalue weighted by Crippen LogP contribution is -2.21. The summed E-state index contributed by atoms with van der Waals surface area (Å²) in [5.41, 5.74) is 0.891. The first-order chi connectivity index (χ1) is 6.69. The summed E-state index contributed by atoms with van der Waals surface area (Å²) in [6.07, 6.45) is 4.38. The third kappa shape index (κ3) is 1.21. The fourth-order valence-corrected chi connectivity index (χ4v) is 1.68. The Kier molecular flexibility index (Phi) is 2.04. The first-order valence-electron chi connectivity index (χ1n) is 4.80. The summed E-state index contributed by atoms with van der Waals surface area (Å²) in [5.74, 6) is 0.791. The molecule has 2 N–H and O–H groups in total. The topological polar surface area (TPSA) is 45.1 Å². The molecule has 0 fully saturated rings. The molecule has 0 saturated carbocycles. The van der Waals surface area contributed by atoms with Crippen molar-refractivity contribution in [2.45, 2.75) is 18.9 Å². The van der Waals surface area contributed by atoms with Crippen LogP contribution in [0, 0.1) is 0 Å². The van der Waals surface area contributed by atoms with Gasteiger partial charge in [0.05, 0.1) is 5.69 Å². The van der Waals surface area contributed by atoms with Gasteiger partial charge in [0.25, 0.3) is 0 Å². The zero-order valence-corrected chi connectivity index (χ0v) is 8.41. The van der Waals surface area contributed by atoms with Gasteiger partial charge in [-0.1, -0.05) is 13.0 Å². The van der Waals surface area contributed by atoms with E-state index in [0.29, 0.717) is 6.42 Å². The van der Waals surface area contributed by atoms with Crippen LogP contribution in [0.3, 0.4) is 0 Å². The summed E-state index contributed by atoms with van der Waals surface area (Å²) in [6, 6.07) is 3.88. The predicted octanol–water partition coefficient (Wildman–Crippen LogP) is 1.75. The molecule has 3 nitrogen and oxygen atoms in total. The number of aliphatic hydroxyl groups is 1. The van der Waals surface area contributed by atoms with Crippen molar-refractivity contribution >= 4 is 11.9 Å². The van der Waals surface area contributed by atoms with E-state index in [-0.39, 0.29) is 0 Å². The monoisotopic (exact) mass is 190 g/mol. The number of nitrogens with zero attached hydrogens (tertiary/aromatic N) is 1. The molecule has 1 aromatic rings. The predicted molar refractivity (Wildman–Crippen MR) is 57.0 cm³/mol. The summed E-state index contributed by atoms with van der Waals surface area (Å²) in [6.45, 7) is 1.95. The minimum atomic E-state index is -0.873. The van der Waals surface area contributed by atoms with Crippen LogP contribution in [0.5, 0.6) is 0 Å². The van der Waals surface area contributed by atoms with E-state index in [2.05, 4.69) is 10.3 Å². The van der Waals surface area contributed by atoms with Gasteiger partial charge in [0.1, 0.15) is 11.4 Å². The highest BCUT2D eigenvalue weighted by atomic mass is 16.3. The molecule has 0 saturated heterocycles. The highest BCUT2D eigenvalue weighted by Gasteiger charge is 2.32. The van der Waals surface area contributed by atoms with E-state index in [4.69, 9.17) is 0 Å². The number of nitrogens with one attached hydrogen (secondary N) is 1. The summed E-state index contributed by atoms with van der Waals surface area (Å²) in [7, 11) is 1.82. The molecular weight excluding hydrogens is 176 g/mol. The second-order valence-electron chi connectivity index (χ2n) is 3.50. The van der Waals surface area contributed by atoms with Crippen LogP contribution in [-0.4, -0.2) is 17.1 Å². The first-order valence-corrected chi connectivity index (χ1v) is 4.80. The van der Waals surface area contributed by atoms with E-state index in [9.17, 15) is 5.11 Å². The molecule has 14 heavy (non-hydrogen) atoms. The van der Waals surface area contributed by atoms with Gasteiger partial charge >= 0.3 is 0 Å². The van der Waals surface area contributed by atoms with Crippen molar-refractivity contribution in [3.8, 4) is 0 Å². The van der Waals surface area contributed by atoms with Crippen LogP contribution in [0.2, 0.25) is 0 Å². The average Bonchev–Trinajstić information content (AvgIpc) is 2.57. The van der Waals surface area contributed by atoms with Gasteiger partial charge in [0, 0.05) is 7.05 Å². The SMILES string of the molecule is CCC1(O)C=Cc2ccc(NC)nc21. The smallest absolute Gasteiger partial charge is 0.126 e. The Bertz CT molecular complexity index is 387. The zero-order chi connectivity index (χ0) is 10.2. The Morgan fingerprint density at radius 1 is 1.50 bits per heavy atom. The second-order valence-corrected chi connectivity index (χ2v) is 3.50. The molecule has 1 heterocycles. The first kappa shape index (κ1) is 9.21. The van der Waals surface area contributed by atoms with Crippen LogP contribution in [0.15, 0.2) is 18.2 Å². The quantitative estimate of drug-likeness (QED) is 0.746. The van der Waals surface area contributed by atoms with Gasteiger partial charge in [-0.15, -0.1) is 0 Å². The van der Waals surface area contributed by atoms with Crippen LogP contribution < -0.4 is 5.32 Å². The highest BCUT2D eigenvalue weighted by molar-refractivity contribution is 5.63. The molecule has 0 bridgehead atoms. The molecule has 2 rings (SSSR count). The lowest BCUT2D eigenvalue weighted by atomic mass is 9.99. The van der Waals surface area contributed by atoms with E-state index >= 15 is 0 Å². The van der Waals surface area contributed by atoms with Crippen molar-refractivity contribution in [3.63, 3.8) is 0 Å². The number of hydrogen-bond acceptors (Lipinski definition) is 3. The van der Waals surface area contributed by atoms with Crippen LogP contribution >= 0.6 is 0 Å². The third-order valence-electron chi connectivity index (χ3n) is 2.67. The minimum Gasteiger partial charge on any atom is -0.379 e. The molecular formula is C11H14N2O. The molecule has 74 valence electrons. The Labute approximate surface area is 83.5 Å². The maximum atomic E-state index is 10.2. The summed E-state index contributed by atoms with van der Waals surface area (Å²) < 4.78 is 0. The van der Waals surface area contributed by atoms with Crippen molar-refractivity contribution in [3.05, 3.63) is 29.5 Å². The molecule has 0 spiro atoms. The van der Waals surface area contributed by atoms with Gasteiger partial charge in [-0.25, -0.2) is 4.98 Å². The van der Waals surface area contributed by atoms with Crippen LogP contribution in [0.25, 0.3) is 6.08 Å². The molecule has 0 aliphatic heterocycles. The summed E-state index contributed by atoms with van der Waals surface area (Å²) >= 11 is 0. The Balaban J connectivity index is 2.51. The number of rotatable bonds is 2. The fourth-order valence-electron chi connectivity index (χ4n) is 1.68. The van der Waals surface area contributed by atoms with Gasteiger partial charge in [-0.05, 0) is 30.2 Å². The Morgan fingerprint density at radius 3 is 2.93 bits per heavy atom. The number of anilines is 1. The van der Waals surface area contributed by atoms with Gasteiger partial charge in [0.2, 0.25) is 0 Å². The number of hydrogen-bond donors (Lipinski definition) is 2. The molecule has 0 aromatic carbocycles. The maximum Gasteiger partial charge on any atom is 0.126 e. The molecule has 1 aliphatic rings. The van der Waals surface area contributed by atoms with Gasteiger partial charge in [0.15, 0.2) is 0 Å². The molecule has 0 amide bonds. The second kappa shape index (κ2) is 3.10. The molecule has 0 radical (unpaired) electrons. The molecule has 3 heteroatoms. The fraction of sp³-hybridized carbons (Fsp3) is 0.364. The van der Waals surface area contributed by atoms with Crippen molar-refractivity contribution in [1.82, 2.24) is 4.98 Å². The van der Waals surface area contributed by atoms with Crippen LogP contribution in [0.4, 0.5) is 5.82 Å². The van der Waals surface area contributed by atoms with Gasteiger partial charge in [-0.3, -0.25) is 0 Å². The van der Waals surface area contributed by atoms with E-state index < -0.39 is 5.60 Å².